The maximum absolute atomic E-state index is 5.44. The molecule has 0 unspecified atom stereocenters. The van der Waals surface area contributed by atoms with Crippen LogP contribution in [0.1, 0.15) is 11.3 Å². The third-order valence-corrected chi connectivity index (χ3v) is 3.79. The van der Waals surface area contributed by atoms with Crippen molar-refractivity contribution in [2.45, 2.75) is 13.2 Å². The van der Waals surface area contributed by atoms with Crippen molar-refractivity contribution in [2.75, 3.05) is 0 Å². The summed E-state index contributed by atoms with van der Waals surface area (Å²) in [5, 5.41) is 2.94. The number of nitrogens with zero attached hydrogens (tertiary/aromatic N) is 2. The minimum Gasteiger partial charge on any atom is -0.297 e. The van der Waals surface area contributed by atoms with Crippen LogP contribution in [0.5, 0.6) is 0 Å². The molecule has 1 aromatic carbocycles. The second-order valence-electron chi connectivity index (χ2n) is 4.45. The lowest BCUT2D eigenvalue weighted by molar-refractivity contribution is 0.0229. The van der Waals surface area contributed by atoms with E-state index < -0.39 is 0 Å². The second kappa shape index (κ2) is 7.08. The maximum Gasteiger partial charge on any atom is 0.142 e. The maximum atomic E-state index is 5.44. The molecule has 3 aromatic rings. The molecule has 2 heterocycles. The van der Waals surface area contributed by atoms with Crippen LogP contribution in [-0.2, 0) is 18.0 Å². The summed E-state index contributed by atoms with van der Waals surface area (Å²) in [5.74, 6) is 0. The Morgan fingerprint density at radius 2 is 1.90 bits per heavy atom. The van der Waals surface area contributed by atoms with Crippen LogP contribution in [0.3, 0.4) is 0 Å². The predicted octanol–water partition coefficient (Wildman–Crippen LogP) is 3.43. The molecule has 0 bridgehead atoms. The van der Waals surface area contributed by atoms with E-state index in [1.165, 1.54) is 0 Å². The topological polar surface area (TPSA) is 47.0 Å². The van der Waals surface area contributed by atoms with Crippen molar-refractivity contribution in [2.24, 2.45) is 0 Å². The molecule has 0 saturated heterocycles. The Bertz CT molecular complexity index is 670. The van der Waals surface area contributed by atoms with E-state index >= 15 is 0 Å². The van der Waals surface area contributed by atoms with Crippen LogP contribution < -0.4 is 5.48 Å². The molecular weight excluding hydrogens is 282 g/mol. The number of nitrogens with one attached hydrogen (secondary N) is 1. The van der Waals surface area contributed by atoms with Gasteiger partial charge in [-0.1, -0.05) is 36.4 Å². The summed E-state index contributed by atoms with van der Waals surface area (Å²) < 4.78 is 0. The highest BCUT2D eigenvalue weighted by Gasteiger charge is 2.05. The van der Waals surface area contributed by atoms with E-state index in [9.17, 15) is 0 Å². The highest BCUT2D eigenvalue weighted by molar-refractivity contribution is 7.13. The third-order valence-electron chi connectivity index (χ3n) is 2.87. The van der Waals surface area contributed by atoms with Gasteiger partial charge < -0.3 is 0 Å². The summed E-state index contributed by atoms with van der Waals surface area (Å²) in [7, 11) is 0. The fraction of sp³-hybridized carbons (Fsp3) is 0.125. The molecule has 0 spiro atoms. The Kier molecular flexibility index (Phi) is 4.68. The smallest absolute Gasteiger partial charge is 0.142 e. The number of benzene rings is 1. The van der Waals surface area contributed by atoms with Crippen molar-refractivity contribution in [1.82, 2.24) is 15.4 Å². The first kappa shape index (κ1) is 13.9. The molecule has 1 N–H and O–H groups in total. The number of pyridine rings is 1. The van der Waals surface area contributed by atoms with Crippen LogP contribution >= 0.6 is 11.3 Å². The lowest BCUT2D eigenvalue weighted by Crippen LogP contribution is -2.14. The van der Waals surface area contributed by atoms with Crippen LogP contribution in [0, 0.1) is 0 Å². The fourth-order valence-corrected chi connectivity index (χ4v) is 2.62. The van der Waals surface area contributed by atoms with E-state index in [4.69, 9.17) is 4.84 Å². The first-order chi connectivity index (χ1) is 10.4. The molecule has 0 amide bonds. The van der Waals surface area contributed by atoms with E-state index in [-0.39, 0.29) is 0 Å². The third kappa shape index (κ3) is 3.95. The lowest BCUT2D eigenvalue weighted by Gasteiger charge is -2.04. The number of hydrogen-bond donors (Lipinski definition) is 1. The van der Waals surface area contributed by atoms with E-state index in [0.29, 0.717) is 13.2 Å². The first-order valence-corrected chi connectivity index (χ1v) is 7.54. The molecule has 4 nitrogen and oxygen atoms in total. The molecule has 0 aliphatic heterocycles. The minimum absolute atomic E-state index is 0.540. The minimum atomic E-state index is 0.540. The van der Waals surface area contributed by atoms with Crippen LogP contribution in [0.25, 0.3) is 10.7 Å². The molecule has 5 heteroatoms. The highest BCUT2D eigenvalue weighted by Crippen LogP contribution is 2.21. The van der Waals surface area contributed by atoms with Gasteiger partial charge in [0.2, 0.25) is 0 Å². The Morgan fingerprint density at radius 1 is 1.05 bits per heavy atom. The summed E-state index contributed by atoms with van der Waals surface area (Å²) in [6, 6.07) is 15.9. The van der Waals surface area contributed by atoms with Gasteiger partial charge in [-0.15, -0.1) is 11.3 Å². The van der Waals surface area contributed by atoms with Gasteiger partial charge >= 0.3 is 0 Å². The molecule has 106 valence electrons. The Labute approximate surface area is 127 Å². The van der Waals surface area contributed by atoms with Crippen molar-refractivity contribution in [3.05, 3.63) is 71.4 Å². The molecule has 0 radical (unpaired) electrons. The number of thiazole rings is 1. The van der Waals surface area contributed by atoms with E-state index in [1.807, 2.05) is 53.9 Å². The van der Waals surface area contributed by atoms with Crippen molar-refractivity contribution in [3.8, 4) is 10.7 Å². The zero-order valence-corrected chi connectivity index (χ0v) is 12.2. The van der Waals surface area contributed by atoms with Gasteiger partial charge in [-0.2, -0.15) is 5.48 Å². The molecule has 0 aliphatic carbocycles. The normalized spacial score (nSPS) is 10.7. The zero-order valence-electron chi connectivity index (χ0n) is 11.4. The van der Waals surface area contributed by atoms with Crippen LogP contribution in [-0.4, -0.2) is 9.97 Å². The molecule has 0 atom stereocenters. The van der Waals surface area contributed by atoms with Crippen LogP contribution in [0.4, 0.5) is 0 Å². The summed E-state index contributed by atoms with van der Waals surface area (Å²) in [4.78, 5) is 14.3. The van der Waals surface area contributed by atoms with Gasteiger partial charge in [-0.05, 0) is 17.7 Å². The number of hydrogen-bond acceptors (Lipinski definition) is 5. The molecule has 2 aromatic heterocycles. The lowest BCUT2D eigenvalue weighted by atomic mass is 10.2. The molecule has 0 saturated carbocycles. The highest BCUT2D eigenvalue weighted by atomic mass is 32.1. The second-order valence-corrected chi connectivity index (χ2v) is 5.31. The van der Waals surface area contributed by atoms with Gasteiger partial charge in [-0.25, -0.2) is 4.98 Å². The van der Waals surface area contributed by atoms with E-state index in [0.717, 1.165) is 22.0 Å². The molecule has 21 heavy (non-hydrogen) atoms. The van der Waals surface area contributed by atoms with Gasteiger partial charge in [-0.3, -0.25) is 9.82 Å². The quantitative estimate of drug-likeness (QED) is 0.559. The van der Waals surface area contributed by atoms with Crippen molar-refractivity contribution in [3.63, 3.8) is 0 Å². The molecule has 0 aliphatic rings. The van der Waals surface area contributed by atoms with Crippen LogP contribution in [0.15, 0.2) is 60.1 Å². The Morgan fingerprint density at radius 3 is 2.71 bits per heavy atom. The van der Waals surface area contributed by atoms with Crippen molar-refractivity contribution in [1.29, 1.82) is 0 Å². The van der Waals surface area contributed by atoms with Crippen molar-refractivity contribution >= 4 is 11.3 Å². The largest absolute Gasteiger partial charge is 0.297 e. The molecule has 3 rings (SSSR count). The van der Waals surface area contributed by atoms with Crippen LogP contribution in [0.2, 0.25) is 0 Å². The number of hydroxylamine groups is 1. The van der Waals surface area contributed by atoms with Gasteiger partial charge in [0.15, 0.2) is 0 Å². The predicted molar refractivity (Wildman–Crippen MR) is 83.4 cm³/mol. The summed E-state index contributed by atoms with van der Waals surface area (Å²) in [5.41, 5.74) is 5.93. The molecular formula is C16H15N3OS. The van der Waals surface area contributed by atoms with Gasteiger partial charge in [0, 0.05) is 11.6 Å². The van der Waals surface area contributed by atoms with E-state index in [1.54, 1.807) is 17.5 Å². The van der Waals surface area contributed by atoms with Gasteiger partial charge in [0.25, 0.3) is 0 Å². The average Bonchev–Trinajstić information content (AvgIpc) is 3.02. The summed E-state index contributed by atoms with van der Waals surface area (Å²) in [6.45, 7) is 1.12. The van der Waals surface area contributed by atoms with Crippen molar-refractivity contribution < 1.29 is 4.84 Å². The summed E-state index contributed by atoms with van der Waals surface area (Å²) >= 11 is 1.59. The first-order valence-electron chi connectivity index (χ1n) is 6.66. The zero-order chi connectivity index (χ0) is 14.3. The van der Waals surface area contributed by atoms with Gasteiger partial charge in [0.1, 0.15) is 5.01 Å². The van der Waals surface area contributed by atoms with Gasteiger partial charge in [0.05, 0.1) is 24.5 Å². The Hall–Kier alpha value is -2.08. The summed E-state index contributed by atoms with van der Waals surface area (Å²) in [6.07, 6.45) is 1.78. The number of rotatable bonds is 6. The standard InChI is InChI=1S/C16H15N3OS/c1-2-6-13(7-3-1)11-20-18-10-14-12-21-16(19-14)15-8-4-5-9-17-15/h1-9,12,18H,10-11H2. The average molecular weight is 297 g/mol. The fourth-order valence-electron chi connectivity index (χ4n) is 1.83. The number of aromatic nitrogens is 2. The monoisotopic (exact) mass is 297 g/mol. The Balaban J connectivity index is 1.49. The SMILES string of the molecule is c1ccc(CONCc2csc(-c3ccccn3)n2)cc1. The van der Waals surface area contributed by atoms with E-state index in [2.05, 4.69) is 15.4 Å². The molecule has 0 fully saturated rings.